The summed E-state index contributed by atoms with van der Waals surface area (Å²) in [4.78, 5) is 8.30. The molecule has 102 valence electrons. The maximum atomic E-state index is 4.36. The largest absolute Gasteiger partial charge is 0.265 e. The van der Waals surface area contributed by atoms with E-state index in [1.54, 1.807) is 24.8 Å². The molecule has 3 aromatic rings. The van der Waals surface area contributed by atoms with Gasteiger partial charge in [0.15, 0.2) is 0 Å². The molecule has 2 heterocycles. The van der Waals surface area contributed by atoms with Crippen molar-refractivity contribution in [3.8, 4) is 11.3 Å². The summed E-state index contributed by atoms with van der Waals surface area (Å²) < 4.78 is 0. The standard InChI is InChI=1S/C15H12N6/c1-2-4-13(5-3-1)14-11-18-21-15(19-14)20-17-10-12-6-8-16-9-7-12/h1-11H,(H,19,20,21)/b17-10+. The molecule has 2 aromatic heterocycles. The number of hydrogen-bond acceptors (Lipinski definition) is 6. The van der Waals surface area contributed by atoms with Crippen molar-refractivity contribution >= 4 is 12.2 Å². The molecule has 0 fully saturated rings. The average Bonchev–Trinajstić information content (AvgIpc) is 2.57. The molecule has 21 heavy (non-hydrogen) atoms. The first-order valence-electron chi connectivity index (χ1n) is 6.36. The van der Waals surface area contributed by atoms with Crippen LogP contribution in [0.5, 0.6) is 0 Å². The van der Waals surface area contributed by atoms with Crippen molar-refractivity contribution in [3.63, 3.8) is 0 Å². The van der Waals surface area contributed by atoms with Crippen molar-refractivity contribution in [2.45, 2.75) is 0 Å². The Hall–Kier alpha value is -3.15. The zero-order valence-corrected chi connectivity index (χ0v) is 11.1. The van der Waals surface area contributed by atoms with E-state index in [9.17, 15) is 0 Å². The van der Waals surface area contributed by atoms with Gasteiger partial charge < -0.3 is 0 Å². The Labute approximate surface area is 121 Å². The minimum atomic E-state index is 0.349. The Morgan fingerprint density at radius 3 is 2.62 bits per heavy atom. The van der Waals surface area contributed by atoms with Crippen molar-refractivity contribution in [2.24, 2.45) is 5.10 Å². The number of benzene rings is 1. The number of aromatic nitrogens is 4. The molecular formula is C15H12N6. The highest BCUT2D eigenvalue weighted by Gasteiger charge is 2.01. The van der Waals surface area contributed by atoms with E-state index in [4.69, 9.17) is 0 Å². The molecule has 6 nitrogen and oxygen atoms in total. The van der Waals surface area contributed by atoms with Crippen LogP contribution >= 0.6 is 0 Å². The molecule has 0 aliphatic rings. The molecule has 0 unspecified atom stereocenters. The zero-order valence-electron chi connectivity index (χ0n) is 11.1. The second-order valence-corrected chi connectivity index (χ2v) is 4.18. The van der Waals surface area contributed by atoms with E-state index >= 15 is 0 Å². The molecule has 0 radical (unpaired) electrons. The molecule has 0 bridgehead atoms. The zero-order chi connectivity index (χ0) is 14.3. The predicted octanol–water partition coefficient (Wildman–Crippen LogP) is 2.38. The Morgan fingerprint density at radius 2 is 1.81 bits per heavy atom. The summed E-state index contributed by atoms with van der Waals surface area (Å²) in [6.07, 6.45) is 6.69. The number of hydrogen-bond donors (Lipinski definition) is 1. The molecule has 0 amide bonds. The summed E-state index contributed by atoms with van der Waals surface area (Å²) in [5.41, 5.74) is 5.43. The number of pyridine rings is 1. The van der Waals surface area contributed by atoms with Crippen LogP contribution in [-0.4, -0.2) is 26.4 Å². The van der Waals surface area contributed by atoms with Crippen molar-refractivity contribution < 1.29 is 0 Å². The summed E-state index contributed by atoms with van der Waals surface area (Å²) in [6, 6.07) is 13.5. The van der Waals surface area contributed by atoms with Gasteiger partial charge in [-0.1, -0.05) is 30.3 Å². The van der Waals surface area contributed by atoms with E-state index in [1.807, 2.05) is 42.5 Å². The minimum absolute atomic E-state index is 0.349. The smallest absolute Gasteiger partial charge is 0.263 e. The van der Waals surface area contributed by atoms with E-state index in [0.29, 0.717) is 5.95 Å². The van der Waals surface area contributed by atoms with E-state index in [2.05, 4.69) is 30.7 Å². The maximum Gasteiger partial charge on any atom is 0.263 e. The van der Waals surface area contributed by atoms with Crippen LogP contribution in [0.15, 0.2) is 66.2 Å². The van der Waals surface area contributed by atoms with Gasteiger partial charge in [0.1, 0.15) is 0 Å². The van der Waals surface area contributed by atoms with Crippen LogP contribution in [-0.2, 0) is 0 Å². The van der Waals surface area contributed by atoms with Crippen LogP contribution in [0.2, 0.25) is 0 Å². The topological polar surface area (TPSA) is 76.0 Å². The van der Waals surface area contributed by atoms with Gasteiger partial charge in [-0.2, -0.15) is 10.2 Å². The first-order valence-corrected chi connectivity index (χ1v) is 6.36. The molecule has 0 aliphatic carbocycles. The van der Waals surface area contributed by atoms with Crippen molar-refractivity contribution in [1.29, 1.82) is 0 Å². The lowest BCUT2D eigenvalue weighted by molar-refractivity contribution is 0.967. The van der Waals surface area contributed by atoms with Crippen molar-refractivity contribution in [3.05, 3.63) is 66.6 Å². The van der Waals surface area contributed by atoms with Crippen LogP contribution in [0.1, 0.15) is 5.56 Å². The molecule has 0 atom stereocenters. The summed E-state index contributed by atoms with van der Waals surface area (Å²) >= 11 is 0. The third-order valence-corrected chi connectivity index (χ3v) is 2.71. The van der Waals surface area contributed by atoms with E-state index in [0.717, 1.165) is 16.8 Å². The lowest BCUT2D eigenvalue weighted by Gasteiger charge is -2.01. The Morgan fingerprint density at radius 1 is 1.00 bits per heavy atom. The van der Waals surface area contributed by atoms with Crippen LogP contribution in [0.3, 0.4) is 0 Å². The van der Waals surface area contributed by atoms with Gasteiger partial charge in [0.25, 0.3) is 5.95 Å². The number of anilines is 1. The van der Waals surface area contributed by atoms with Gasteiger partial charge in [0, 0.05) is 18.0 Å². The summed E-state index contributed by atoms with van der Waals surface area (Å²) in [5, 5.41) is 11.9. The van der Waals surface area contributed by atoms with Gasteiger partial charge in [-0.25, -0.2) is 10.4 Å². The van der Waals surface area contributed by atoms with Gasteiger partial charge in [-0.3, -0.25) is 4.98 Å². The molecule has 0 spiro atoms. The van der Waals surface area contributed by atoms with Crippen molar-refractivity contribution in [1.82, 2.24) is 20.2 Å². The molecule has 1 aromatic carbocycles. The molecule has 6 heteroatoms. The third kappa shape index (κ3) is 3.44. The van der Waals surface area contributed by atoms with Gasteiger partial charge >= 0.3 is 0 Å². The Kier molecular flexibility index (Phi) is 3.88. The van der Waals surface area contributed by atoms with Crippen LogP contribution in [0.4, 0.5) is 5.95 Å². The van der Waals surface area contributed by atoms with E-state index in [-0.39, 0.29) is 0 Å². The average molecular weight is 276 g/mol. The number of nitrogens with zero attached hydrogens (tertiary/aromatic N) is 5. The third-order valence-electron chi connectivity index (χ3n) is 2.71. The molecule has 1 N–H and O–H groups in total. The van der Waals surface area contributed by atoms with Crippen LogP contribution < -0.4 is 5.43 Å². The predicted molar refractivity (Wildman–Crippen MR) is 80.7 cm³/mol. The monoisotopic (exact) mass is 276 g/mol. The Bertz CT molecular complexity index is 727. The van der Waals surface area contributed by atoms with E-state index < -0.39 is 0 Å². The lowest BCUT2D eigenvalue weighted by Crippen LogP contribution is -1.99. The molecule has 3 rings (SSSR count). The van der Waals surface area contributed by atoms with Crippen LogP contribution in [0.25, 0.3) is 11.3 Å². The highest BCUT2D eigenvalue weighted by Crippen LogP contribution is 2.15. The minimum Gasteiger partial charge on any atom is -0.265 e. The first kappa shape index (κ1) is 12.9. The summed E-state index contributed by atoms with van der Waals surface area (Å²) in [7, 11) is 0. The number of rotatable bonds is 4. The highest BCUT2D eigenvalue weighted by atomic mass is 15.4. The molecule has 0 saturated heterocycles. The fraction of sp³-hybridized carbons (Fsp3) is 0. The number of nitrogens with one attached hydrogen (secondary N) is 1. The molecular weight excluding hydrogens is 264 g/mol. The second kappa shape index (κ2) is 6.33. The maximum absolute atomic E-state index is 4.36. The van der Waals surface area contributed by atoms with Crippen molar-refractivity contribution in [2.75, 3.05) is 5.43 Å². The quantitative estimate of drug-likeness (QED) is 0.585. The fourth-order valence-electron chi connectivity index (χ4n) is 1.71. The van der Waals surface area contributed by atoms with Gasteiger partial charge in [0.2, 0.25) is 0 Å². The SMILES string of the molecule is C(=N\Nc1nncc(-c2ccccc2)n1)/c1ccncc1. The van der Waals surface area contributed by atoms with Gasteiger partial charge in [-0.15, -0.1) is 5.10 Å². The summed E-state index contributed by atoms with van der Waals surface area (Å²) in [5.74, 6) is 0.349. The fourth-order valence-corrected chi connectivity index (χ4v) is 1.71. The van der Waals surface area contributed by atoms with Gasteiger partial charge in [0.05, 0.1) is 18.1 Å². The first-order chi connectivity index (χ1) is 10.4. The normalized spacial score (nSPS) is 10.7. The molecule has 0 saturated carbocycles. The molecule has 0 aliphatic heterocycles. The van der Waals surface area contributed by atoms with E-state index in [1.165, 1.54) is 0 Å². The second-order valence-electron chi connectivity index (χ2n) is 4.18. The highest BCUT2D eigenvalue weighted by molar-refractivity contribution is 5.79. The van der Waals surface area contributed by atoms with Crippen LogP contribution in [0, 0.1) is 0 Å². The number of hydrazone groups is 1. The Balaban J connectivity index is 1.74. The summed E-state index contributed by atoms with van der Waals surface area (Å²) in [6.45, 7) is 0. The van der Waals surface area contributed by atoms with Gasteiger partial charge in [-0.05, 0) is 17.7 Å². The lowest BCUT2D eigenvalue weighted by atomic mass is 10.2.